The number of thioether (sulfide) groups is 1. The van der Waals surface area contributed by atoms with Crippen molar-refractivity contribution in [2.75, 3.05) is 12.9 Å². The molecule has 2 aromatic rings. The van der Waals surface area contributed by atoms with Crippen molar-refractivity contribution in [2.45, 2.75) is 70.0 Å². The first-order valence-corrected chi connectivity index (χ1v) is 12.6. The van der Waals surface area contributed by atoms with Gasteiger partial charge in [0.05, 0.1) is 7.11 Å². The zero-order valence-corrected chi connectivity index (χ0v) is 21.8. The minimum atomic E-state index is -0.535. The van der Waals surface area contributed by atoms with Crippen LogP contribution in [0.25, 0.3) is 0 Å². The summed E-state index contributed by atoms with van der Waals surface area (Å²) in [5.41, 5.74) is 0.560. The number of benzene rings is 2. The summed E-state index contributed by atoms with van der Waals surface area (Å²) in [5.74, 6) is 1.39. The molecular weight excluding hydrogens is 456 g/mol. The van der Waals surface area contributed by atoms with Gasteiger partial charge in [-0.1, -0.05) is 30.7 Å². The topological polar surface area (TPSA) is 58.6 Å². The lowest BCUT2D eigenvalue weighted by Gasteiger charge is -2.33. The van der Waals surface area contributed by atoms with Gasteiger partial charge in [-0.3, -0.25) is 9.59 Å². The van der Waals surface area contributed by atoms with Crippen molar-refractivity contribution >= 4 is 35.2 Å². The quantitative estimate of drug-likeness (QED) is 0.312. The molecular formula is C26H35ClN2O3S. The van der Waals surface area contributed by atoms with Crippen molar-refractivity contribution in [3.63, 3.8) is 0 Å². The van der Waals surface area contributed by atoms with Crippen molar-refractivity contribution in [3.8, 4) is 5.75 Å². The van der Waals surface area contributed by atoms with Gasteiger partial charge >= 0.3 is 0 Å². The first kappa shape index (κ1) is 27.1. The van der Waals surface area contributed by atoms with Gasteiger partial charge in [0.2, 0.25) is 11.8 Å². The van der Waals surface area contributed by atoms with E-state index in [0.29, 0.717) is 24.4 Å². The van der Waals surface area contributed by atoms with E-state index in [4.69, 9.17) is 16.3 Å². The van der Waals surface area contributed by atoms with Gasteiger partial charge in [0.25, 0.3) is 0 Å². The zero-order chi connectivity index (χ0) is 24.4. The Kier molecular flexibility index (Phi) is 10.6. The van der Waals surface area contributed by atoms with Crippen LogP contribution in [0.3, 0.4) is 0 Å². The van der Waals surface area contributed by atoms with Gasteiger partial charge < -0.3 is 15.0 Å². The number of rotatable bonds is 11. The summed E-state index contributed by atoms with van der Waals surface area (Å²) < 4.78 is 5.33. The van der Waals surface area contributed by atoms with Crippen molar-refractivity contribution < 1.29 is 14.3 Å². The van der Waals surface area contributed by atoms with Gasteiger partial charge in [-0.25, -0.2) is 0 Å². The largest absolute Gasteiger partial charge is 0.497 e. The van der Waals surface area contributed by atoms with Crippen LogP contribution in [0.1, 0.15) is 52.5 Å². The fraction of sp³-hybridized carbons (Fsp3) is 0.462. The van der Waals surface area contributed by atoms with E-state index < -0.39 is 6.04 Å². The molecule has 33 heavy (non-hydrogen) atoms. The van der Waals surface area contributed by atoms with Crippen LogP contribution in [-0.2, 0) is 16.1 Å². The van der Waals surface area contributed by atoms with E-state index in [0.717, 1.165) is 28.4 Å². The number of ether oxygens (including phenoxy) is 1. The van der Waals surface area contributed by atoms with E-state index in [1.807, 2.05) is 76.2 Å². The number of methoxy groups -OCH3 is 1. The highest BCUT2D eigenvalue weighted by atomic mass is 35.5. The van der Waals surface area contributed by atoms with Gasteiger partial charge in [-0.15, -0.1) is 11.8 Å². The number of halogens is 1. The van der Waals surface area contributed by atoms with Crippen LogP contribution in [-0.4, -0.2) is 41.2 Å². The highest BCUT2D eigenvalue weighted by Crippen LogP contribution is 2.23. The van der Waals surface area contributed by atoms with E-state index in [1.165, 1.54) is 0 Å². The predicted octanol–water partition coefficient (Wildman–Crippen LogP) is 5.94. The molecule has 0 fully saturated rings. The lowest BCUT2D eigenvalue weighted by atomic mass is 10.0. The standard InChI is InChI=1S/C26H35ClN2O3S/c1-6-23(25(31)28-26(2,3)4)29(18-19-9-7-10-21(17-19)32-5)24(30)11-8-16-33-22-14-12-20(27)13-15-22/h7,9-10,12-15,17,23H,6,8,11,16,18H2,1-5H3,(H,28,31). The lowest BCUT2D eigenvalue weighted by Crippen LogP contribution is -2.53. The molecule has 1 N–H and O–H groups in total. The Morgan fingerprint density at radius 3 is 2.45 bits per heavy atom. The summed E-state index contributed by atoms with van der Waals surface area (Å²) in [5, 5.41) is 3.74. The molecule has 0 heterocycles. The molecule has 2 rings (SSSR count). The summed E-state index contributed by atoms with van der Waals surface area (Å²) in [6, 6.07) is 14.8. The van der Waals surface area contributed by atoms with Gasteiger partial charge in [-0.05, 0) is 81.3 Å². The molecule has 180 valence electrons. The molecule has 0 aliphatic heterocycles. The van der Waals surface area contributed by atoms with E-state index in [9.17, 15) is 9.59 Å². The Balaban J connectivity index is 2.10. The minimum absolute atomic E-state index is 0.0227. The molecule has 0 radical (unpaired) electrons. The molecule has 2 aromatic carbocycles. The fourth-order valence-corrected chi connectivity index (χ4v) is 4.41. The van der Waals surface area contributed by atoms with Gasteiger partial charge in [0.15, 0.2) is 0 Å². The summed E-state index contributed by atoms with van der Waals surface area (Å²) in [6.07, 6.45) is 1.64. The summed E-state index contributed by atoms with van der Waals surface area (Å²) in [7, 11) is 1.62. The number of nitrogens with zero attached hydrogens (tertiary/aromatic N) is 1. The van der Waals surface area contributed by atoms with Crippen molar-refractivity contribution in [1.82, 2.24) is 10.2 Å². The van der Waals surface area contributed by atoms with Crippen LogP contribution in [0.5, 0.6) is 5.75 Å². The Morgan fingerprint density at radius 2 is 1.85 bits per heavy atom. The highest BCUT2D eigenvalue weighted by Gasteiger charge is 2.30. The molecule has 5 nitrogen and oxygen atoms in total. The summed E-state index contributed by atoms with van der Waals surface area (Å²) in [6.45, 7) is 8.13. The van der Waals surface area contributed by atoms with Crippen molar-refractivity contribution in [2.24, 2.45) is 0 Å². The second kappa shape index (κ2) is 12.9. The molecule has 0 aliphatic carbocycles. The smallest absolute Gasteiger partial charge is 0.243 e. The Labute approximate surface area is 207 Å². The van der Waals surface area contributed by atoms with E-state index in [2.05, 4.69) is 5.32 Å². The van der Waals surface area contributed by atoms with E-state index >= 15 is 0 Å². The lowest BCUT2D eigenvalue weighted by molar-refractivity contribution is -0.142. The molecule has 1 atom stereocenters. The molecule has 0 spiro atoms. The van der Waals surface area contributed by atoms with Crippen LogP contribution in [0.4, 0.5) is 0 Å². The maximum Gasteiger partial charge on any atom is 0.243 e. The minimum Gasteiger partial charge on any atom is -0.497 e. The first-order chi connectivity index (χ1) is 15.6. The zero-order valence-electron chi connectivity index (χ0n) is 20.2. The maximum atomic E-state index is 13.3. The molecule has 0 aromatic heterocycles. The Hall–Kier alpha value is -2.18. The summed E-state index contributed by atoms with van der Waals surface area (Å²) >= 11 is 7.64. The molecule has 1 unspecified atom stereocenters. The first-order valence-electron chi connectivity index (χ1n) is 11.3. The third kappa shape index (κ3) is 9.30. The SMILES string of the molecule is CCC(C(=O)NC(C)(C)C)N(Cc1cccc(OC)c1)C(=O)CCCSc1ccc(Cl)cc1. The number of amides is 2. The molecule has 7 heteroatoms. The number of carbonyl (C=O) groups excluding carboxylic acids is 2. The molecule has 0 saturated heterocycles. The average Bonchev–Trinajstić information content (AvgIpc) is 2.76. The van der Waals surface area contributed by atoms with E-state index in [1.54, 1.807) is 23.8 Å². The third-order valence-electron chi connectivity index (χ3n) is 4.99. The molecule has 0 aliphatic rings. The van der Waals surface area contributed by atoms with Crippen LogP contribution >= 0.6 is 23.4 Å². The Bertz CT molecular complexity index is 912. The Morgan fingerprint density at radius 1 is 1.15 bits per heavy atom. The number of carbonyl (C=O) groups is 2. The van der Waals surface area contributed by atoms with Crippen LogP contribution in [0, 0.1) is 0 Å². The van der Waals surface area contributed by atoms with Crippen LogP contribution in [0.15, 0.2) is 53.4 Å². The average molecular weight is 491 g/mol. The summed E-state index contributed by atoms with van der Waals surface area (Å²) in [4.78, 5) is 29.2. The van der Waals surface area contributed by atoms with Crippen molar-refractivity contribution in [3.05, 3.63) is 59.1 Å². The highest BCUT2D eigenvalue weighted by molar-refractivity contribution is 7.99. The predicted molar refractivity (Wildman–Crippen MR) is 137 cm³/mol. The van der Waals surface area contributed by atoms with Gasteiger partial charge in [0, 0.05) is 28.4 Å². The van der Waals surface area contributed by atoms with Crippen LogP contribution in [0.2, 0.25) is 5.02 Å². The second-order valence-corrected chi connectivity index (χ2v) is 10.5. The fourth-order valence-electron chi connectivity index (χ4n) is 3.43. The van der Waals surface area contributed by atoms with E-state index in [-0.39, 0.29) is 17.4 Å². The maximum absolute atomic E-state index is 13.3. The second-order valence-electron chi connectivity index (χ2n) is 8.94. The molecule has 0 saturated carbocycles. The van der Waals surface area contributed by atoms with Crippen LogP contribution < -0.4 is 10.1 Å². The van der Waals surface area contributed by atoms with Gasteiger partial charge in [0.1, 0.15) is 11.8 Å². The molecule has 0 bridgehead atoms. The van der Waals surface area contributed by atoms with Crippen molar-refractivity contribution in [1.29, 1.82) is 0 Å². The van der Waals surface area contributed by atoms with Gasteiger partial charge in [-0.2, -0.15) is 0 Å². The third-order valence-corrected chi connectivity index (χ3v) is 6.34. The number of nitrogens with one attached hydrogen (secondary N) is 1. The number of hydrogen-bond acceptors (Lipinski definition) is 4. The monoisotopic (exact) mass is 490 g/mol. The normalized spacial score (nSPS) is 12.2. The number of hydrogen-bond donors (Lipinski definition) is 1. The molecule has 2 amide bonds.